The van der Waals surface area contributed by atoms with E-state index >= 15 is 0 Å². The summed E-state index contributed by atoms with van der Waals surface area (Å²) < 4.78 is 17.2. The number of aliphatic hydroxyl groups is 1. The van der Waals surface area contributed by atoms with Crippen molar-refractivity contribution in [1.29, 1.82) is 0 Å². The zero-order chi connectivity index (χ0) is 19.8. The van der Waals surface area contributed by atoms with Gasteiger partial charge in [0.2, 0.25) is 11.8 Å². The molecule has 2 bridgehead atoms. The first-order chi connectivity index (χ1) is 12.7. The zero-order valence-corrected chi connectivity index (χ0v) is 16.6. The van der Waals surface area contributed by atoms with Crippen molar-refractivity contribution in [3.05, 3.63) is 12.2 Å². The summed E-state index contributed by atoms with van der Waals surface area (Å²) in [6, 6.07) is 0. The molecule has 2 saturated heterocycles. The van der Waals surface area contributed by atoms with Crippen molar-refractivity contribution in [3.63, 3.8) is 0 Å². The number of hydrogen-bond donors (Lipinski definition) is 1. The highest BCUT2D eigenvalue weighted by Crippen LogP contribution is 2.45. The summed E-state index contributed by atoms with van der Waals surface area (Å²) in [6.45, 7) is 9.02. The standard InChI is InChI=1S/C20H31NO6/c1-19(2,25-11-8-20(3,4)26-12-10-22)7-9-21-17(23)15-13-5-6-14(27-13)16(15)18(21)24/h5-6,13-16,22H,7-12H2,1-4H3. The van der Waals surface area contributed by atoms with E-state index in [9.17, 15) is 9.59 Å². The van der Waals surface area contributed by atoms with Crippen molar-refractivity contribution in [2.75, 3.05) is 26.4 Å². The van der Waals surface area contributed by atoms with E-state index in [2.05, 4.69) is 0 Å². The van der Waals surface area contributed by atoms with Crippen LogP contribution in [0.15, 0.2) is 12.2 Å². The van der Waals surface area contributed by atoms with Gasteiger partial charge in [0.05, 0.1) is 55.1 Å². The van der Waals surface area contributed by atoms with Gasteiger partial charge in [0.25, 0.3) is 0 Å². The molecule has 0 radical (unpaired) electrons. The number of aliphatic hydroxyl groups excluding tert-OH is 1. The second-order valence-electron chi connectivity index (χ2n) is 8.77. The van der Waals surface area contributed by atoms with Crippen molar-refractivity contribution < 1.29 is 28.9 Å². The number of carbonyl (C=O) groups excluding carboxylic acids is 2. The van der Waals surface area contributed by atoms with Crippen LogP contribution < -0.4 is 0 Å². The van der Waals surface area contributed by atoms with Crippen LogP contribution in [-0.2, 0) is 23.8 Å². The van der Waals surface area contributed by atoms with Gasteiger partial charge in [-0.1, -0.05) is 12.2 Å². The second-order valence-corrected chi connectivity index (χ2v) is 8.77. The van der Waals surface area contributed by atoms with Crippen LogP contribution >= 0.6 is 0 Å². The molecule has 3 heterocycles. The lowest BCUT2D eigenvalue weighted by molar-refractivity contribution is -0.143. The number of imide groups is 1. The van der Waals surface area contributed by atoms with Crippen LogP contribution in [0.25, 0.3) is 0 Å². The first-order valence-corrected chi connectivity index (χ1v) is 9.73. The van der Waals surface area contributed by atoms with Crippen molar-refractivity contribution in [3.8, 4) is 0 Å². The largest absolute Gasteiger partial charge is 0.394 e. The number of rotatable bonds is 10. The molecule has 0 saturated carbocycles. The van der Waals surface area contributed by atoms with E-state index in [1.54, 1.807) is 0 Å². The van der Waals surface area contributed by atoms with Gasteiger partial charge >= 0.3 is 0 Å². The third-order valence-corrected chi connectivity index (χ3v) is 5.72. The van der Waals surface area contributed by atoms with Crippen LogP contribution in [0.1, 0.15) is 40.5 Å². The summed E-state index contributed by atoms with van der Waals surface area (Å²) in [7, 11) is 0. The van der Waals surface area contributed by atoms with Crippen molar-refractivity contribution in [2.24, 2.45) is 11.8 Å². The van der Waals surface area contributed by atoms with Gasteiger partial charge in [0, 0.05) is 6.54 Å². The molecule has 2 amide bonds. The van der Waals surface area contributed by atoms with Crippen LogP contribution in [0, 0.1) is 11.8 Å². The van der Waals surface area contributed by atoms with Crippen LogP contribution in [0.2, 0.25) is 0 Å². The van der Waals surface area contributed by atoms with E-state index in [0.717, 1.165) is 0 Å². The summed E-state index contributed by atoms with van der Waals surface area (Å²) >= 11 is 0. The van der Waals surface area contributed by atoms with Crippen molar-refractivity contribution in [2.45, 2.75) is 63.9 Å². The second kappa shape index (κ2) is 7.62. The summed E-state index contributed by atoms with van der Waals surface area (Å²) in [4.78, 5) is 26.7. The quantitative estimate of drug-likeness (QED) is 0.453. The fourth-order valence-electron chi connectivity index (χ4n) is 4.01. The Hall–Kier alpha value is -1.28. The number of likely N-dealkylation sites (tertiary alicyclic amines) is 1. The normalized spacial score (nSPS) is 29.9. The maximum Gasteiger partial charge on any atom is 0.236 e. The fourth-order valence-corrected chi connectivity index (χ4v) is 4.01. The van der Waals surface area contributed by atoms with Gasteiger partial charge in [-0.05, 0) is 40.5 Å². The molecule has 0 aromatic heterocycles. The summed E-state index contributed by atoms with van der Waals surface area (Å²) in [5, 5.41) is 8.87. The summed E-state index contributed by atoms with van der Waals surface area (Å²) in [5.74, 6) is -0.922. The topological polar surface area (TPSA) is 85.3 Å². The van der Waals surface area contributed by atoms with E-state index in [0.29, 0.717) is 32.6 Å². The number of hydrogen-bond acceptors (Lipinski definition) is 6. The van der Waals surface area contributed by atoms with E-state index in [-0.39, 0.29) is 48.1 Å². The Labute approximate surface area is 160 Å². The predicted octanol–water partition coefficient (Wildman–Crippen LogP) is 1.29. The Kier molecular flexibility index (Phi) is 5.77. The highest BCUT2D eigenvalue weighted by atomic mass is 16.5. The number of fused-ring (bicyclic) bond motifs is 5. The van der Waals surface area contributed by atoms with Crippen molar-refractivity contribution >= 4 is 11.8 Å². The van der Waals surface area contributed by atoms with Crippen molar-refractivity contribution in [1.82, 2.24) is 4.90 Å². The molecular formula is C20H31NO6. The minimum atomic E-state index is -0.459. The molecule has 7 heteroatoms. The molecule has 27 heavy (non-hydrogen) atoms. The smallest absolute Gasteiger partial charge is 0.236 e. The average Bonchev–Trinajstić information content (AvgIpc) is 3.26. The minimum absolute atomic E-state index is 0.00205. The molecule has 2 fully saturated rings. The molecular weight excluding hydrogens is 350 g/mol. The lowest BCUT2D eigenvalue weighted by Crippen LogP contribution is -2.39. The molecule has 0 aromatic rings. The molecule has 4 unspecified atom stereocenters. The van der Waals surface area contributed by atoms with E-state index in [1.807, 2.05) is 39.8 Å². The molecule has 4 atom stereocenters. The Morgan fingerprint density at radius 2 is 1.48 bits per heavy atom. The van der Waals surface area contributed by atoms with Gasteiger partial charge in [-0.15, -0.1) is 0 Å². The first-order valence-electron chi connectivity index (χ1n) is 9.73. The summed E-state index contributed by atoms with van der Waals surface area (Å²) in [6.07, 6.45) is 4.57. The zero-order valence-electron chi connectivity index (χ0n) is 16.6. The van der Waals surface area contributed by atoms with E-state index in [1.165, 1.54) is 4.90 Å². The molecule has 3 aliphatic heterocycles. The SMILES string of the molecule is CC(C)(CCOC(C)(C)CCN1C(=O)C2C3C=CC(O3)C2C1=O)OCCO. The lowest BCUT2D eigenvalue weighted by Gasteiger charge is -2.30. The van der Waals surface area contributed by atoms with Gasteiger partial charge < -0.3 is 19.3 Å². The maximum atomic E-state index is 12.7. The van der Waals surface area contributed by atoms with Crippen LogP contribution in [0.5, 0.6) is 0 Å². The number of amides is 2. The number of nitrogens with zero attached hydrogens (tertiary/aromatic N) is 1. The van der Waals surface area contributed by atoms with Gasteiger partial charge in [-0.25, -0.2) is 0 Å². The number of ether oxygens (including phenoxy) is 3. The minimum Gasteiger partial charge on any atom is -0.394 e. The molecule has 152 valence electrons. The highest BCUT2D eigenvalue weighted by molar-refractivity contribution is 6.06. The Morgan fingerprint density at radius 1 is 0.963 bits per heavy atom. The fraction of sp³-hybridized carbons (Fsp3) is 0.800. The molecule has 0 aliphatic carbocycles. The monoisotopic (exact) mass is 381 g/mol. The Bertz CT molecular complexity index is 584. The van der Waals surface area contributed by atoms with E-state index < -0.39 is 5.60 Å². The van der Waals surface area contributed by atoms with E-state index in [4.69, 9.17) is 19.3 Å². The molecule has 7 nitrogen and oxygen atoms in total. The van der Waals surface area contributed by atoms with Gasteiger partial charge in [0.1, 0.15) is 0 Å². The summed E-state index contributed by atoms with van der Waals surface area (Å²) in [5.41, 5.74) is -0.831. The molecule has 0 spiro atoms. The Balaban J connectivity index is 1.46. The third-order valence-electron chi connectivity index (χ3n) is 5.72. The number of carbonyl (C=O) groups is 2. The van der Waals surface area contributed by atoms with Gasteiger partial charge in [0.15, 0.2) is 0 Å². The highest BCUT2D eigenvalue weighted by Gasteiger charge is 2.60. The first kappa shape index (κ1) is 20.5. The predicted molar refractivity (Wildman–Crippen MR) is 97.9 cm³/mol. The molecule has 3 aliphatic rings. The molecule has 3 rings (SSSR count). The van der Waals surface area contributed by atoms with Gasteiger partial charge in [-0.2, -0.15) is 0 Å². The Morgan fingerprint density at radius 3 is 2.04 bits per heavy atom. The lowest BCUT2D eigenvalue weighted by atomic mass is 9.85. The maximum absolute atomic E-state index is 12.7. The molecule has 0 aromatic carbocycles. The average molecular weight is 381 g/mol. The van der Waals surface area contributed by atoms with Crippen LogP contribution in [-0.4, -0.2) is 71.6 Å². The van der Waals surface area contributed by atoms with Crippen LogP contribution in [0.4, 0.5) is 0 Å². The third kappa shape index (κ3) is 4.26. The molecule has 1 N–H and O–H groups in total. The van der Waals surface area contributed by atoms with Crippen LogP contribution in [0.3, 0.4) is 0 Å². The van der Waals surface area contributed by atoms with Gasteiger partial charge in [-0.3, -0.25) is 14.5 Å².